The highest BCUT2D eigenvalue weighted by Gasteiger charge is 2.20. The number of nitrogens with two attached hydrogens (primary N) is 1. The fourth-order valence-electron chi connectivity index (χ4n) is 3.40. The number of amides is 1. The number of carbonyl (C=O) groups excluding carboxylic acids is 1. The monoisotopic (exact) mass is 355 g/mol. The van der Waals surface area contributed by atoms with Crippen LogP contribution in [0.3, 0.4) is 0 Å². The van der Waals surface area contributed by atoms with Crippen LogP contribution in [0.25, 0.3) is 0 Å². The Bertz CT molecular complexity index is 709. The van der Waals surface area contributed by atoms with Crippen molar-refractivity contribution in [1.82, 2.24) is 19.6 Å². The molecule has 0 saturated carbocycles. The van der Waals surface area contributed by atoms with Crippen LogP contribution >= 0.6 is 0 Å². The molecule has 0 atom stereocenters. The van der Waals surface area contributed by atoms with Crippen molar-refractivity contribution in [1.29, 1.82) is 0 Å². The minimum Gasteiger partial charge on any atom is -0.337 e. The highest BCUT2D eigenvalue weighted by Crippen LogP contribution is 2.13. The molecule has 0 unspecified atom stereocenters. The third kappa shape index (κ3) is 4.71. The summed E-state index contributed by atoms with van der Waals surface area (Å²) in [6.45, 7) is 8.00. The summed E-state index contributed by atoms with van der Waals surface area (Å²) in [6, 6.07) is 7.64. The lowest BCUT2D eigenvalue weighted by Gasteiger charge is -2.22. The van der Waals surface area contributed by atoms with Gasteiger partial charge in [0.15, 0.2) is 0 Å². The van der Waals surface area contributed by atoms with Crippen molar-refractivity contribution in [3.8, 4) is 0 Å². The molecule has 1 aromatic heterocycles. The van der Waals surface area contributed by atoms with Crippen LogP contribution in [0.1, 0.15) is 41.3 Å². The summed E-state index contributed by atoms with van der Waals surface area (Å²) in [7, 11) is 0. The molecule has 0 aliphatic carbocycles. The standard InChI is InChI=1S/C20H29N5O/c1-2-8-25-16-18(14-22-25)15-23-9-3-10-24(12-11-23)20(26)19-6-4-17(13-21)5-7-19/h4-7,14,16H,2-3,8-13,15,21H2,1H3. The molecule has 3 rings (SSSR count). The first-order valence-electron chi connectivity index (χ1n) is 9.51. The average molecular weight is 355 g/mol. The van der Waals surface area contributed by atoms with Gasteiger partial charge in [0, 0.05) is 63.1 Å². The lowest BCUT2D eigenvalue weighted by molar-refractivity contribution is 0.0761. The molecule has 6 heteroatoms. The van der Waals surface area contributed by atoms with E-state index in [1.807, 2.05) is 40.0 Å². The first kappa shape index (κ1) is 18.6. The molecule has 1 amide bonds. The molecule has 1 fully saturated rings. The van der Waals surface area contributed by atoms with E-state index in [0.29, 0.717) is 6.54 Å². The zero-order chi connectivity index (χ0) is 18.4. The van der Waals surface area contributed by atoms with Gasteiger partial charge in [-0.25, -0.2) is 0 Å². The molecule has 2 N–H and O–H groups in total. The fourth-order valence-corrected chi connectivity index (χ4v) is 3.40. The second-order valence-electron chi connectivity index (χ2n) is 6.93. The normalized spacial score (nSPS) is 15.8. The topological polar surface area (TPSA) is 67.4 Å². The summed E-state index contributed by atoms with van der Waals surface area (Å²) in [6.07, 6.45) is 6.18. The Morgan fingerprint density at radius 3 is 2.65 bits per heavy atom. The molecule has 1 saturated heterocycles. The first-order chi connectivity index (χ1) is 12.7. The van der Waals surface area contributed by atoms with Crippen molar-refractivity contribution < 1.29 is 4.79 Å². The van der Waals surface area contributed by atoms with E-state index in [9.17, 15) is 4.79 Å². The smallest absolute Gasteiger partial charge is 0.253 e. The number of aromatic nitrogens is 2. The highest BCUT2D eigenvalue weighted by molar-refractivity contribution is 5.94. The number of benzene rings is 1. The zero-order valence-corrected chi connectivity index (χ0v) is 15.6. The lowest BCUT2D eigenvalue weighted by Crippen LogP contribution is -2.35. The van der Waals surface area contributed by atoms with Gasteiger partial charge >= 0.3 is 0 Å². The summed E-state index contributed by atoms with van der Waals surface area (Å²) < 4.78 is 2.01. The number of hydrogen-bond acceptors (Lipinski definition) is 4. The molecule has 0 spiro atoms. The van der Waals surface area contributed by atoms with Crippen LogP contribution < -0.4 is 5.73 Å². The van der Waals surface area contributed by atoms with E-state index >= 15 is 0 Å². The molecule has 2 aromatic rings. The van der Waals surface area contributed by atoms with Gasteiger partial charge in [-0.15, -0.1) is 0 Å². The number of hydrogen-bond donors (Lipinski definition) is 1. The van der Waals surface area contributed by atoms with Gasteiger partial charge in [-0.1, -0.05) is 19.1 Å². The van der Waals surface area contributed by atoms with Crippen molar-refractivity contribution in [3.05, 3.63) is 53.3 Å². The van der Waals surface area contributed by atoms with E-state index < -0.39 is 0 Å². The van der Waals surface area contributed by atoms with Gasteiger partial charge in [0.2, 0.25) is 0 Å². The summed E-state index contributed by atoms with van der Waals surface area (Å²) >= 11 is 0. The van der Waals surface area contributed by atoms with Gasteiger partial charge in [-0.2, -0.15) is 5.10 Å². The Morgan fingerprint density at radius 2 is 1.92 bits per heavy atom. The predicted molar refractivity (Wildman–Crippen MR) is 103 cm³/mol. The van der Waals surface area contributed by atoms with Gasteiger partial charge in [0.1, 0.15) is 0 Å². The quantitative estimate of drug-likeness (QED) is 0.862. The second-order valence-corrected chi connectivity index (χ2v) is 6.93. The summed E-state index contributed by atoms with van der Waals surface area (Å²) in [5, 5.41) is 4.41. The summed E-state index contributed by atoms with van der Waals surface area (Å²) in [5.74, 6) is 0.117. The van der Waals surface area contributed by atoms with E-state index in [-0.39, 0.29) is 5.91 Å². The second kappa shape index (κ2) is 8.96. The third-order valence-corrected chi connectivity index (χ3v) is 4.86. The first-order valence-corrected chi connectivity index (χ1v) is 9.51. The molecule has 0 radical (unpaired) electrons. The summed E-state index contributed by atoms with van der Waals surface area (Å²) in [4.78, 5) is 17.1. The van der Waals surface area contributed by atoms with Crippen LogP contribution in [0.5, 0.6) is 0 Å². The Kier molecular flexibility index (Phi) is 6.41. The predicted octanol–water partition coefficient (Wildman–Crippen LogP) is 2.10. The van der Waals surface area contributed by atoms with Gasteiger partial charge < -0.3 is 10.6 Å². The molecule has 0 bridgehead atoms. The van der Waals surface area contributed by atoms with Crippen molar-refractivity contribution in [2.45, 2.75) is 39.4 Å². The number of carbonyl (C=O) groups is 1. The van der Waals surface area contributed by atoms with Crippen molar-refractivity contribution >= 4 is 5.91 Å². The molecule has 1 aliphatic heterocycles. The van der Waals surface area contributed by atoms with Crippen LogP contribution in [0.2, 0.25) is 0 Å². The van der Waals surface area contributed by atoms with Crippen LogP contribution in [-0.2, 0) is 19.6 Å². The van der Waals surface area contributed by atoms with E-state index in [4.69, 9.17) is 5.73 Å². The van der Waals surface area contributed by atoms with Gasteiger partial charge in [-0.05, 0) is 30.5 Å². The van der Waals surface area contributed by atoms with Crippen LogP contribution in [0, 0.1) is 0 Å². The Labute approximate surface area is 155 Å². The fraction of sp³-hybridized carbons (Fsp3) is 0.500. The maximum atomic E-state index is 12.8. The molecule has 6 nitrogen and oxygen atoms in total. The molecule has 1 aliphatic rings. The molecule has 26 heavy (non-hydrogen) atoms. The molecule has 1 aromatic carbocycles. The Morgan fingerprint density at radius 1 is 1.12 bits per heavy atom. The average Bonchev–Trinajstić information content (AvgIpc) is 2.97. The van der Waals surface area contributed by atoms with E-state index in [1.165, 1.54) is 5.56 Å². The van der Waals surface area contributed by atoms with E-state index in [1.54, 1.807) is 0 Å². The number of nitrogens with zero attached hydrogens (tertiary/aromatic N) is 4. The van der Waals surface area contributed by atoms with Crippen LogP contribution in [0.15, 0.2) is 36.7 Å². The molecule has 140 valence electrons. The van der Waals surface area contributed by atoms with Crippen molar-refractivity contribution in [2.24, 2.45) is 5.73 Å². The molecular formula is C20H29N5O. The zero-order valence-electron chi connectivity index (χ0n) is 15.6. The summed E-state index contributed by atoms with van der Waals surface area (Å²) in [5.41, 5.74) is 8.67. The lowest BCUT2D eigenvalue weighted by atomic mass is 10.1. The largest absolute Gasteiger partial charge is 0.337 e. The number of rotatable bonds is 6. The van der Waals surface area contributed by atoms with Gasteiger partial charge in [-0.3, -0.25) is 14.4 Å². The Balaban J connectivity index is 1.55. The number of aryl methyl sites for hydroxylation is 1. The Hall–Kier alpha value is -2.18. The van der Waals surface area contributed by atoms with Crippen LogP contribution in [0.4, 0.5) is 0 Å². The van der Waals surface area contributed by atoms with Gasteiger partial charge in [0.25, 0.3) is 5.91 Å². The minimum atomic E-state index is 0.117. The van der Waals surface area contributed by atoms with Crippen molar-refractivity contribution in [2.75, 3.05) is 26.2 Å². The highest BCUT2D eigenvalue weighted by atomic mass is 16.2. The van der Waals surface area contributed by atoms with E-state index in [0.717, 1.165) is 63.2 Å². The third-order valence-electron chi connectivity index (χ3n) is 4.86. The maximum Gasteiger partial charge on any atom is 0.253 e. The van der Waals surface area contributed by atoms with Crippen LogP contribution in [-0.4, -0.2) is 51.7 Å². The SMILES string of the molecule is CCCn1cc(CN2CCCN(C(=O)c3ccc(CN)cc3)CC2)cn1. The van der Waals surface area contributed by atoms with Gasteiger partial charge in [0.05, 0.1) is 6.20 Å². The molecule has 2 heterocycles. The molecular weight excluding hydrogens is 326 g/mol. The van der Waals surface area contributed by atoms with Crippen molar-refractivity contribution in [3.63, 3.8) is 0 Å². The minimum absolute atomic E-state index is 0.117. The maximum absolute atomic E-state index is 12.8. The van der Waals surface area contributed by atoms with E-state index in [2.05, 4.69) is 23.1 Å².